The predicted octanol–water partition coefficient (Wildman–Crippen LogP) is 4.19. The molecule has 0 unspecified atom stereocenters. The molecule has 1 fully saturated rings. The highest BCUT2D eigenvalue weighted by molar-refractivity contribution is 9.10. The van der Waals surface area contributed by atoms with Crippen molar-refractivity contribution in [2.45, 2.75) is 24.6 Å². The van der Waals surface area contributed by atoms with Crippen LogP contribution in [0, 0.1) is 0 Å². The largest absolute Gasteiger partial charge is 0.477 e. The van der Waals surface area contributed by atoms with E-state index in [1.807, 2.05) is 48.5 Å². The molecule has 2 aliphatic rings. The molecule has 0 bridgehead atoms. The van der Waals surface area contributed by atoms with E-state index in [0.29, 0.717) is 12.3 Å². The van der Waals surface area contributed by atoms with E-state index in [2.05, 4.69) is 15.9 Å². The number of rotatable bonds is 6. The lowest BCUT2D eigenvalue weighted by Crippen LogP contribution is -2.70. The van der Waals surface area contributed by atoms with Crippen molar-refractivity contribution < 1.29 is 23.1 Å². The van der Waals surface area contributed by atoms with Gasteiger partial charge in [-0.05, 0) is 39.2 Å². The number of carbonyl (C=O) groups excluding carboxylic acids is 1. The Morgan fingerprint density at radius 1 is 1.11 bits per heavy atom. The number of ether oxygens (including phenoxy) is 1. The van der Waals surface area contributed by atoms with E-state index in [9.17, 15) is 9.36 Å². The van der Waals surface area contributed by atoms with Crippen LogP contribution in [0.1, 0.15) is 17.0 Å². The van der Waals surface area contributed by atoms with Gasteiger partial charge in [0.1, 0.15) is 5.75 Å². The highest BCUT2D eigenvalue weighted by atomic mass is 79.9. The molecule has 148 valence electrons. The maximum Gasteiger partial charge on any atom is 0.330 e. The van der Waals surface area contributed by atoms with E-state index in [1.165, 1.54) is 14.2 Å². The number of hydrogen-bond acceptors (Lipinski definition) is 5. The smallest absolute Gasteiger partial charge is 0.330 e. The van der Waals surface area contributed by atoms with Crippen molar-refractivity contribution in [1.82, 2.24) is 4.90 Å². The minimum absolute atomic E-state index is 0.0649. The van der Waals surface area contributed by atoms with Gasteiger partial charge < -0.3 is 18.7 Å². The second-order valence-corrected chi connectivity index (χ2v) is 10.1. The summed E-state index contributed by atoms with van der Waals surface area (Å²) in [6.07, 6.45) is -0.458. The van der Waals surface area contributed by atoms with Gasteiger partial charge in [0.15, 0.2) is 6.10 Å². The molecule has 0 radical (unpaired) electrons. The number of fused-ring (bicyclic) bond motifs is 2. The van der Waals surface area contributed by atoms with Crippen molar-refractivity contribution in [3.05, 3.63) is 64.1 Å². The maximum atomic E-state index is 12.9. The Hall–Kier alpha value is -1.66. The van der Waals surface area contributed by atoms with Crippen molar-refractivity contribution in [3.63, 3.8) is 0 Å². The van der Waals surface area contributed by atoms with Crippen LogP contribution >= 0.6 is 23.5 Å². The lowest BCUT2D eigenvalue weighted by molar-refractivity contribution is -0.167. The number of benzene rings is 2. The average Bonchev–Trinajstić information content (AvgIpc) is 2.73. The Bertz CT molecular complexity index is 944. The zero-order chi connectivity index (χ0) is 19.9. The lowest BCUT2D eigenvalue weighted by Gasteiger charge is -2.53. The fourth-order valence-electron chi connectivity index (χ4n) is 4.02. The summed E-state index contributed by atoms with van der Waals surface area (Å²) in [4.78, 5) is 14.6. The standard InChI is InChI=1S/C20H21BrNO5P/c1-25-28(24,26-2)12-15-14-8-4-3-7-13(14)11-22-18(15)19(20(22)23)27-17-10-6-5-9-16(17)21/h3-10,15,18-19H,11-12H2,1-2H3/t15-,18-,19+/m1/s1. The van der Waals surface area contributed by atoms with Crippen LogP contribution in [-0.4, -0.2) is 43.3 Å². The number of para-hydroxylation sites is 1. The van der Waals surface area contributed by atoms with Crippen LogP contribution < -0.4 is 4.74 Å². The van der Waals surface area contributed by atoms with Gasteiger partial charge in [-0.15, -0.1) is 0 Å². The van der Waals surface area contributed by atoms with Gasteiger partial charge in [0.25, 0.3) is 5.91 Å². The Morgan fingerprint density at radius 2 is 1.79 bits per heavy atom. The molecular formula is C20H21BrNO5P. The Kier molecular flexibility index (Phi) is 5.36. The monoisotopic (exact) mass is 465 g/mol. The fourth-order valence-corrected chi connectivity index (χ4v) is 5.74. The van der Waals surface area contributed by atoms with Crippen molar-refractivity contribution in [3.8, 4) is 5.75 Å². The molecule has 0 N–H and O–H groups in total. The van der Waals surface area contributed by atoms with E-state index in [-0.39, 0.29) is 24.0 Å². The number of β-lactam (4-membered cyclic amide) rings is 1. The topological polar surface area (TPSA) is 65.1 Å². The molecule has 0 spiro atoms. The number of carbonyl (C=O) groups is 1. The summed E-state index contributed by atoms with van der Waals surface area (Å²) in [6.45, 7) is 0.524. The van der Waals surface area contributed by atoms with Crippen LogP contribution in [0.25, 0.3) is 0 Å². The molecule has 28 heavy (non-hydrogen) atoms. The van der Waals surface area contributed by atoms with Crippen LogP contribution in [0.15, 0.2) is 53.0 Å². The van der Waals surface area contributed by atoms with Gasteiger partial charge in [-0.1, -0.05) is 36.4 Å². The van der Waals surface area contributed by atoms with Crippen molar-refractivity contribution >= 4 is 29.4 Å². The molecule has 0 aromatic heterocycles. The van der Waals surface area contributed by atoms with Crippen LogP contribution in [-0.2, 0) is 25.0 Å². The first-order chi connectivity index (χ1) is 13.5. The molecule has 1 saturated heterocycles. The Labute approximate surface area is 172 Å². The number of amides is 1. The minimum atomic E-state index is -3.28. The van der Waals surface area contributed by atoms with Gasteiger partial charge in [-0.25, -0.2) is 0 Å². The van der Waals surface area contributed by atoms with E-state index >= 15 is 0 Å². The van der Waals surface area contributed by atoms with Gasteiger partial charge >= 0.3 is 7.60 Å². The summed E-state index contributed by atoms with van der Waals surface area (Å²) in [5, 5.41) is 0. The van der Waals surface area contributed by atoms with Crippen LogP contribution in [0.5, 0.6) is 5.75 Å². The second kappa shape index (κ2) is 7.64. The highest BCUT2D eigenvalue weighted by Crippen LogP contribution is 2.54. The van der Waals surface area contributed by atoms with E-state index in [4.69, 9.17) is 13.8 Å². The molecule has 8 heteroatoms. The summed E-state index contributed by atoms with van der Waals surface area (Å²) in [5.74, 6) is 0.338. The summed E-state index contributed by atoms with van der Waals surface area (Å²) < 4.78 is 30.2. The first kappa shape index (κ1) is 19.6. The molecule has 2 aliphatic heterocycles. The first-order valence-corrected chi connectivity index (χ1v) is 11.5. The molecule has 3 atom stereocenters. The van der Waals surface area contributed by atoms with E-state index < -0.39 is 13.7 Å². The lowest BCUT2D eigenvalue weighted by atomic mass is 9.76. The number of halogens is 1. The SMILES string of the molecule is COP(=O)(C[C@@H]1c2ccccc2CN2C(=O)[C@@H](Oc3ccccc3Br)[C@@H]12)OC. The molecule has 1 amide bonds. The molecule has 2 aromatic rings. The summed E-state index contributed by atoms with van der Waals surface area (Å²) in [6, 6.07) is 15.1. The van der Waals surface area contributed by atoms with Gasteiger partial charge in [-0.3, -0.25) is 9.36 Å². The molecule has 6 nitrogen and oxygen atoms in total. The third kappa shape index (κ3) is 3.30. The van der Waals surface area contributed by atoms with Gasteiger partial charge in [0, 0.05) is 26.7 Å². The molecule has 0 aliphatic carbocycles. The summed E-state index contributed by atoms with van der Waals surface area (Å²) in [7, 11) is -0.503. The van der Waals surface area contributed by atoms with Crippen LogP contribution in [0.3, 0.4) is 0 Å². The minimum Gasteiger partial charge on any atom is -0.477 e. The Morgan fingerprint density at radius 3 is 2.50 bits per heavy atom. The number of nitrogens with zero attached hydrogens (tertiary/aromatic N) is 1. The zero-order valence-corrected chi connectivity index (χ0v) is 18.1. The normalized spacial score (nSPS) is 23.6. The van der Waals surface area contributed by atoms with Crippen LogP contribution in [0.4, 0.5) is 0 Å². The summed E-state index contributed by atoms with van der Waals surface area (Å²) >= 11 is 3.46. The quantitative estimate of drug-likeness (QED) is 0.472. The summed E-state index contributed by atoms with van der Waals surface area (Å²) in [5.41, 5.74) is 2.11. The first-order valence-electron chi connectivity index (χ1n) is 8.97. The maximum absolute atomic E-state index is 12.9. The molecule has 0 saturated carbocycles. The molecule has 2 heterocycles. The molecule has 4 rings (SSSR count). The third-order valence-corrected chi connectivity index (χ3v) is 8.08. The van der Waals surface area contributed by atoms with Crippen LogP contribution in [0.2, 0.25) is 0 Å². The molecule has 2 aromatic carbocycles. The van der Waals surface area contributed by atoms with E-state index in [0.717, 1.165) is 15.6 Å². The van der Waals surface area contributed by atoms with Gasteiger partial charge in [0.05, 0.1) is 16.7 Å². The fraction of sp³-hybridized carbons (Fsp3) is 0.350. The van der Waals surface area contributed by atoms with E-state index in [1.54, 1.807) is 4.90 Å². The zero-order valence-electron chi connectivity index (χ0n) is 15.6. The Balaban J connectivity index is 1.70. The van der Waals surface area contributed by atoms with Crippen molar-refractivity contribution in [2.24, 2.45) is 0 Å². The van der Waals surface area contributed by atoms with Gasteiger partial charge in [0.2, 0.25) is 0 Å². The molecular weight excluding hydrogens is 445 g/mol. The van der Waals surface area contributed by atoms with Crippen molar-refractivity contribution in [2.75, 3.05) is 20.4 Å². The number of hydrogen-bond donors (Lipinski definition) is 0. The highest BCUT2D eigenvalue weighted by Gasteiger charge is 2.57. The van der Waals surface area contributed by atoms with Crippen molar-refractivity contribution in [1.29, 1.82) is 0 Å². The predicted molar refractivity (Wildman–Crippen MR) is 109 cm³/mol. The van der Waals surface area contributed by atoms with Gasteiger partial charge in [-0.2, -0.15) is 0 Å². The third-order valence-electron chi connectivity index (χ3n) is 5.47. The average molecular weight is 466 g/mol. The second-order valence-electron chi connectivity index (χ2n) is 6.89.